The number of hydrogen-bond donors (Lipinski definition) is 0. The molecule has 0 heteroatoms. The standard InChI is InChI=1S/C21H40/c1-10-16(5)19-12-18(14-21(19,9)11-2)17(6)13-20(7,8)15(3)4/h15,17-18H,10-14H2,1-9H3. The topological polar surface area (TPSA) is 0 Å². The molecule has 0 nitrogen and oxygen atoms in total. The maximum atomic E-state index is 2.52. The van der Waals surface area contributed by atoms with Crippen molar-refractivity contribution < 1.29 is 0 Å². The highest BCUT2D eigenvalue weighted by molar-refractivity contribution is 5.25. The van der Waals surface area contributed by atoms with Gasteiger partial charge in [-0.15, -0.1) is 0 Å². The van der Waals surface area contributed by atoms with Gasteiger partial charge in [-0.05, 0) is 67.6 Å². The first-order valence-electron chi connectivity index (χ1n) is 9.26. The van der Waals surface area contributed by atoms with Gasteiger partial charge in [-0.25, -0.2) is 0 Å². The van der Waals surface area contributed by atoms with E-state index < -0.39 is 0 Å². The minimum atomic E-state index is 0.467. The second-order valence-corrected chi connectivity index (χ2v) is 9.02. The van der Waals surface area contributed by atoms with E-state index in [9.17, 15) is 0 Å². The van der Waals surface area contributed by atoms with Crippen molar-refractivity contribution in [2.24, 2.45) is 28.6 Å². The molecule has 0 radical (unpaired) electrons. The van der Waals surface area contributed by atoms with Crippen LogP contribution in [0.1, 0.15) is 94.4 Å². The molecule has 0 aromatic heterocycles. The fraction of sp³-hybridized carbons (Fsp3) is 0.905. The predicted molar refractivity (Wildman–Crippen MR) is 96.5 cm³/mol. The molecule has 1 aliphatic carbocycles. The molecule has 0 aromatic carbocycles. The van der Waals surface area contributed by atoms with Crippen LogP contribution in [0.25, 0.3) is 0 Å². The maximum absolute atomic E-state index is 2.52. The summed E-state index contributed by atoms with van der Waals surface area (Å²) in [5, 5.41) is 0. The summed E-state index contributed by atoms with van der Waals surface area (Å²) in [6.45, 7) is 21.8. The van der Waals surface area contributed by atoms with Gasteiger partial charge in [0.1, 0.15) is 0 Å². The van der Waals surface area contributed by atoms with Gasteiger partial charge in [-0.3, -0.25) is 0 Å². The molecular formula is C21H40. The van der Waals surface area contributed by atoms with Gasteiger partial charge in [0, 0.05) is 0 Å². The van der Waals surface area contributed by atoms with Crippen molar-refractivity contribution in [1.82, 2.24) is 0 Å². The summed E-state index contributed by atoms with van der Waals surface area (Å²) < 4.78 is 0. The third-order valence-corrected chi connectivity index (χ3v) is 6.95. The molecule has 1 saturated carbocycles. The van der Waals surface area contributed by atoms with Crippen molar-refractivity contribution in [2.45, 2.75) is 94.4 Å². The number of hydrogen-bond acceptors (Lipinski definition) is 0. The summed E-state index contributed by atoms with van der Waals surface area (Å²) in [5.41, 5.74) is 4.40. The van der Waals surface area contributed by atoms with E-state index in [0.717, 1.165) is 17.8 Å². The lowest BCUT2D eigenvalue weighted by Crippen LogP contribution is -2.25. The lowest BCUT2D eigenvalue weighted by molar-refractivity contribution is 0.157. The average Bonchev–Trinajstić information content (AvgIpc) is 2.76. The van der Waals surface area contributed by atoms with E-state index in [-0.39, 0.29) is 0 Å². The van der Waals surface area contributed by atoms with Crippen molar-refractivity contribution >= 4 is 0 Å². The molecule has 0 aliphatic heterocycles. The molecule has 1 rings (SSSR count). The average molecular weight is 293 g/mol. The molecule has 0 N–H and O–H groups in total. The predicted octanol–water partition coefficient (Wildman–Crippen LogP) is 7.25. The zero-order valence-electron chi connectivity index (χ0n) is 16.3. The van der Waals surface area contributed by atoms with Crippen LogP contribution in [0.5, 0.6) is 0 Å². The summed E-state index contributed by atoms with van der Waals surface area (Å²) in [6, 6.07) is 0. The quantitative estimate of drug-likeness (QED) is 0.452. The van der Waals surface area contributed by atoms with Gasteiger partial charge in [0.15, 0.2) is 0 Å². The summed E-state index contributed by atoms with van der Waals surface area (Å²) >= 11 is 0. The molecule has 124 valence electrons. The van der Waals surface area contributed by atoms with Crippen molar-refractivity contribution in [3.63, 3.8) is 0 Å². The van der Waals surface area contributed by atoms with E-state index in [0.29, 0.717) is 10.8 Å². The largest absolute Gasteiger partial charge is 0.0738 e. The van der Waals surface area contributed by atoms with Gasteiger partial charge in [0.25, 0.3) is 0 Å². The normalized spacial score (nSPS) is 30.9. The summed E-state index contributed by atoms with van der Waals surface area (Å²) in [7, 11) is 0. The minimum Gasteiger partial charge on any atom is -0.0738 e. The molecule has 0 heterocycles. The van der Waals surface area contributed by atoms with Crippen LogP contribution in [0.15, 0.2) is 11.1 Å². The number of rotatable bonds is 6. The lowest BCUT2D eigenvalue weighted by Gasteiger charge is -2.34. The van der Waals surface area contributed by atoms with Gasteiger partial charge in [-0.2, -0.15) is 0 Å². The second-order valence-electron chi connectivity index (χ2n) is 9.02. The van der Waals surface area contributed by atoms with Gasteiger partial charge >= 0.3 is 0 Å². The summed E-state index contributed by atoms with van der Waals surface area (Å²) in [4.78, 5) is 0. The van der Waals surface area contributed by atoms with Crippen molar-refractivity contribution in [3.05, 3.63) is 11.1 Å². The Labute approximate surface area is 134 Å². The Morgan fingerprint density at radius 2 is 1.81 bits per heavy atom. The van der Waals surface area contributed by atoms with Crippen molar-refractivity contribution in [3.8, 4) is 0 Å². The zero-order valence-corrected chi connectivity index (χ0v) is 16.3. The second kappa shape index (κ2) is 6.88. The maximum Gasteiger partial charge on any atom is -0.0113 e. The lowest BCUT2D eigenvalue weighted by atomic mass is 9.71. The first-order chi connectivity index (χ1) is 9.57. The third kappa shape index (κ3) is 4.14. The first kappa shape index (κ1) is 18.8. The molecule has 21 heavy (non-hydrogen) atoms. The molecular weight excluding hydrogens is 252 g/mol. The highest BCUT2D eigenvalue weighted by atomic mass is 14.5. The summed E-state index contributed by atoms with van der Waals surface area (Å²) in [5.74, 6) is 2.51. The number of allylic oxidation sites excluding steroid dienone is 2. The Morgan fingerprint density at radius 1 is 1.24 bits per heavy atom. The Balaban J connectivity index is 2.88. The van der Waals surface area contributed by atoms with E-state index in [1.807, 2.05) is 0 Å². The van der Waals surface area contributed by atoms with E-state index >= 15 is 0 Å². The van der Waals surface area contributed by atoms with Gasteiger partial charge < -0.3 is 0 Å². The van der Waals surface area contributed by atoms with Crippen LogP contribution in [0, 0.1) is 28.6 Å². The monoisotopic (exact) mass is 292 g/mol. The van der Waals surface area contributed by atoms with Crippen LogP contribution in [0.4, 0.5) is 0 Å². The molecule has 3 atom stereocenters. The van der Waals surface area contributed by atoms with Crippen molar-refractivity contribution in [1.29, 1.82) is 0 Å². The zero-order chi connectivity index (χ0) is 16.4. The molecule has 3 unspecified atom stereocenters. The third-order valence-electron chi connectivity index (χ3n) is 6.95. The van der Waals surface area contributed by atoms with E-state index in [1.165, 1.54) is 32.1 Å². The highest BCUT2D eigenvalue weighted by Crippen LogP contribution is 2.53. The molecule has 1 fully saturated rings. The Morgan fingerprint density at radius 3 is 2.24 bits per heavy atom. The van der Waals surface area contributed by atoms with E-state index in [1.54, 1.807) is 11.1 Å². The van der Waals surface area contributed by atoms with Crippen molar-refractivity contribution in [2.75, 3.05) is 0 Å². The van der Waals surface area contributed by atoms with Gasteiger partial charge in [-0.1, -0.05) is 66.5 Å². The Hall–Kier alpha value is -0.260. The first-order valence-corrected chi connectivity index (χ1v) is 9.26. The van der Waals surface area contributed by atoms with E-state index in [2.05, 4.69) is 62.3 Å². The van der Waals surface area contributed by atoms with Crippen LogP contribution in [0.3, 0.4) is 0 Å². The Bertz CT molecular complexity index is 371. The molecule has 1 aliphatic rings. The fourth-order valence-corrected chi connectivity index (χ4v) is 4.18. The molecule has 0 bridgehead atoms. The minimum absolute atomic E-state index is 0.467. The van der Waals surface area contributed by atoms with E-state index in [4.69, 9.17) is 0 Å². The highest BCUT2D eigenvalue weighted by Gasteiger charge is 2.41. The van der Waals surface area contributed by atoms with Crippen LogP contribution in [-0.2, 0) is 0 Å². The van der Waals surface area contributed by atoms with Gasteiger partial charge in [0.2, 0.25) is 0 Å². The SMILES string of the molecule is CCC(C)=C1CC(C(C)CC(C)(C)C(C)C)CC1(C)CC. The van der Waals surface area contributed by atoms with Crippen LogP contribution >= 0.6 is 0 Å². The van der Waals surface area contributed by atoms with Gasteiger partial charge in [0.05, 0.1) is 0 Å². The Kier molecular flexibility index (Phi) is 6.16. The molecule has 0 saturated heterocycles. The van der Waals surface area contributed by atoms with Crippen LogP contribution in [0.2, 0.25) is 0 Å². The summed E-state index contributed by atoms with van der Waals surface area (Å²) in [6.07, 6.45) is 6.67. The smallest absolute Gasteiger partial charge is 0.0113 e. The molecule has 0 aromatic rings. The fourth-order valence-electron chi connectivity index (χ4n) is 4.18. The van der Waals surface area contributed by atoms with Crippen LogP contribution < -0.4 is 0 Å². The van der Waals surface area contributed by atoms with Crippen LogP contribution in [-0.4, -0.2) is 0 Å². The molecule has 0 spiro atoms. The molecule has 0 amide bonds.